The molecule has 1 aliphatic heterocycles. The van der Waals surface area contributed by atoms with Crippen LogP contribution in [-0.4, -0.2) is 46.7 Å². The minimum Gasteiger partial charge on any atom is -0.467 e. The van der Waals surface area contributed by atoms with Gasteiger partial charge in [0.15, 0.2) is 0 Å². The molecule has 0 aromatic carbocycles. The average molecular weight is 338 g/mol. The lowest BCUT2D eigenvalue weighted by Crippen LogP contribution is -2.47. The zero-order valence-corrected chi connectivity index (χ0v) is 14.3. The van der Waals surface area contributed by atoms with E-state index in [0.29, 0.717) is 18.6 Å². The van der Waals surface area contributed by atoms with E-state index >= 15 is 0 Å². The van der Waals surface area contributed by atoms with E-state index in [4.69, 9.17) is 9.15 Å². The van der Waals surface area contributed by atoms with Crippen LogP contribution in [0, 0.1) is 0 Å². The number of nitrogens with one attached hydrogen (secondary N) is 1. The number of amides is 3. The van der Waals surface area contributed by atoms with Crippen LogP contribution < -0.4 is 5.32 Å². The summed E-state index contributed by atoms with van der Waals surface area (Å²) in [7, 11) is 0. The molecular formula is C17H26N2O5. The third kappa shape index (κ3) is 4.15. The number of aliphatic hydroxyl groups excluding tert-OH is 1. The van der Waals surface area contributed by atoms with Crippen molar-refractivity contribution in [2.45, 2.75) is 57.8 Å². The molecule has 1 fully saturated rings. The molecule has 0 aliphatic carbocycles. The highest BCUT2D eigenvalue weighted by molar-refractivity contribution is 6.07. The third-order valence-corrected chi connectivity index (χ3v) is 4.13. The second kappa shape index (κ2) is 8.30. The van der Waals surface area contributed by atoms with E-state index in [-0.39, 0.29) is 25.7 Å². The Labute approximate surface area is 142 Å². The maximum Gasteiger partial charge on any atom is 0.325 e. The van der Waals surface area contributed by atoms with Gasteiger partial charge < -0.3 is 19.6 Å². The van der Waals surface area contributed by atoms with Gasteiger partial charge in [0.25, 0.3) is 5.91 Å². The Balaban J connectivity index is 1.88. The summed E-state index contributed by atoms with van der Waals surface area (Å²) in [5, 5.41) is 12.9. The minimum atomic E-state index is -0.936. The SMILES string of the molecule is CCCC1(CCC)NC(=O)N(CC(O)COCc2ccco2)C1=O. The van der Waals surface area contributed by atoms with Gasteiger partial charge in [-0.05, 0) is 25.0 Å². The molecule has 2 rings (SSSR count). The van der Waals surface area contributed by atoms with Crippen molar-refractivity contribution in [3.63, 3.8) is 0 Å². The third-order valence-electron chi connectivity index (χ3n) is 4.13. The van der Waals surface area contributed by atoms with Crippen molar-refractivity contribution in [1.29, 1.82) is 0 Å². The summed E-state index contributed by atoms with van der Waals surface area (Å²) in [6.07, 6.45) is 3.42. The molecule has 2 heterocycles. The maximum absolute atomic E-state index is 12.7. The molecular weight excluding hydrogens is 312 g/mol. The van der Waals surface area contributed by atoms with Crippen LogP contribution in [0.5, 0.6) is 0 Å². The smallest absolute Gasteiger partial charge is 0.325 e. The van der Waals surface area contributed by atoms with Gasteiger partial charge in [-0.2, -0.15) is 0 Å². The molecule has 7 nitrogen and oxygen atoms in total. The van der Waals surface area contributed by atoms with Crippen molar-refractivity contribution in [2.24, 2.45) is 0 Å². The number of imide groups is 1. The van der Waals surface area contributed by atoms with Crippen LogP contribution in [0.3, 0.4) is 0 Å². The molecule has 1 saturated heterocycles. The number of ether oxygens (including phenoxy) is 1. The van der Waals surface area contributed by atoms with E-state index < -0.39 is 17.7 Å². The van der Waals surface area contributed by atoms with Gasteiger partial charge in [0.05, 0.1) is 25.5 Å². The first-order chi connectivity index (χ1) is 11.5. The van der Waals surface area contributed by atoms with Gasteiger partial charge in [0, 0.05) is 0 Å². The zero-order valence-electron chi connectivity index (χ0n) is 14.3. The number of furan rings is 1. The highest BCUT2D eigenvalue weighted by Crippen LogP contribution is 2.28. The number of carbonyl (C=O) groups excluding carboxylic acids is 2. The first kappa shape index (κ1) is 18.5. The molecule has 1 aromatic rings. The topological polar surface area (TPSA) is 92.0 Å². The number of carbonyl (C=O) groups is 2. The summed E-state index contributed by atoms with van der Waals surface area (Å²) in [6.45, 7) is 4.15. The van der Waals surface area contributed by atoms with E-state index in [1.54, 1.807) is 18.4 Å². The summed E-state index contributed by atoms with van der Waals surface area (Å²) in [5.41, 5.74) is -0.824. The number of rotatable bonds is 10. The predicted molar refractivity (Wildman–Crippen MR) is 87.2 cm³/mol. The standard InChI is InChI=1S/C17H26N2O5/c1-3-7-17(8-4-2)15(21)19(16(22)18-17)10-13(20)11-23-12-14-6-5-9-24-14/h5-6,9,13,20H,3-4,7-8,10-12H2,1-2H3,(H,18,22). The van der Waals surface area contributed by atoms with Gasteiger partial charge >= 0.3 is 6.03 Å². The van der Waals surface area contributed by atoms with Crippen LogP contribution in [0.15, 0.2) is 22.8 Å². The fourth-order valence-corrected chi connectivity index (χ4v) is 3.11. The Morgan fingerprint density at radius 1 is 1.33 bits per heavy atom. The molecule has 1 atom stereocenters. The van der Waals surface area contributed by atoms with Crippen LogP contribution >= 0.6 is 0 Å². The van der Waals surface area contributed by atoms with Crippen LogP contribution in [0.2, 0.25) is 0 Å². The van der Waals surface area contributed by atoms with Crippen molar-refractivity contribution in [3.05, 3.63) is 24.2 Å². The number of aliphatic hydroxyl groups is 1. The van der Waals surface area contributed by atoms with Crippen molar-refractivity contribution in [2.75, 3.05) is 13.2 Å². The second-order valence-electron chi connectivity index (χ2n) is 6.18. The number of urea groups is 1. The lowest BCUT2D eigenvalue weighted by atomic mass is 9.88. The van der Waals surface area contributed by atoms with Crippen molar-refractivity contribution in [1.82, 2.24) is 10.2 Å². The van der Waals surface area contributed by atoms with Crippen molar-refractivity contribution >= 4 is 11.9 Å². The summed E-state index contributed by atoms with van der Waals surface area (Å²) in [5.74, 6) is 0.406. The number of β-amino-alcohol motifs (C(OH)–C–C–N with tert-alkyl or cyclic N) is 1. The molecule has 0 radical (unpaired) electrons. The molecule has 24 heavy (non-hydrogen) atoms. The van der Waals surface area contributed by atoms with Crippen LogP contribution in [0.25, 0.3) is 0 Å². The maximum atomic E-state index is 12.7. The molecule has 1 unspecified atom stereocenters. The largest absolute Gasteiger partial charge is 0.467 e. The van der Waals surface area contributed by atoms with E-state index in [1.807, 2.05) is 13.8 Å². The Hall–Kier alpha value is -1.86. The summed E-state index contributed by atoms with van der Waals surface area (Å²) >= 11 is 0. The molecule has 7 heteroatoms. The monoisotopic (exact) mass is 338 g/mol. The van der Waals surface area contributed by atoms with Gasteiger partial charge in [-0.25, -0.2) is 4.79 Å². The van der Waals surface area contributed by atoms with Gasteiger partial charge in [-0.15, -0.1) is 0 Å². The molecule has 0 spiro atoms. The molecule has 2 N–H and O–H groups in total. The lowest BCUT2D eigenvalue weighted by molar-refractivity contribution is -0.133. The quantitative estimate of drug-likeness (QED) is 0.637. The van der Waals surface area contributed by atoms with E-state index in [1.165, 1.54) is 0 Å². The highest BCUT2D eigenvalue weighted by Gasteiger charge is 2.49. The Morgan fingerprint density at radius 2 is 2.04 bits per heavy atom. The number of nitrogens with zero attached hydrogens (tertiary/aromatic N) is 1. The van der Waals surface area contributed by atoms with Crippen LogP contribution in [0.4, 0.5) is 4.79 Å². The molecule has 0 bridgehead atoms. The molecule has 1 aliphatic rings. The van der Waals surface area contributed by atoms with Crippen molar-refractivity contribution in [3.8, 4) is 0 Å². The number of hydrogen-bond acceptors (Lipinski definition) is 5. The lowest BCUT2D eigenvalue weighted by Gasteiger charge is -2.26. The molecule has 1 aromatic heterocycles. The number of hydrogen-bond donors (Lipinski definition) is 2. The first-order valence-electron chi connectivity index (χ1n) is 8.44. The van der Waals surface area contributed by atoms with E-state index in [2.05, 4.69) is 5.32 Å². The van der Waals surface area contributed by atoms with Gasteiger partial charge in [0.2, 0.25) is 0 Å². The van der Waals surface area contributed by atoms with E-state index in [0.717, 1.165) is 17.7 Å². The molecule has 3 amide bonds. The van der Waals surface area contributed by atoms with Crippen LogP contribution in [-0.2, 0) is 16.1 Å². The Morgan fingerprint density at radius 3 is 2.62 bits per heavy atom. The Bertz CT molecular complexity index is 537. The normalized spacial score (nSPS) is 18.0. The van der Waals surface area contributed by atoms with Gasteiger partial charge in [0.1, 0.15) is 17.9 Å². The van der Waals surface area contributed by atoms with Gasteiger partial charge in [-0.3, -0.25) is 9.69 Å². The second-order valence-corrected chi connectivity index (χ2v) is 6.18. The zero-order chi connectivity index (χ0) is 17.6. The molecule has 134 valence electrons. The van der Waals surface area contributed by atoms with E-state index in [9.17, 15) is 14.7 Å². The summed E-state index contributed by atoms with van der Waals surface area (Å²) in [6, 6.07) is 3.09. The summed E-state index contributed by atoms with van der Waals surface area (Å²) < 4.78 is 10.5. The Kier molecular flexibility index (Phi) is 6.39. The van der Waals surface area contributed by atoms with Gasteiger partial charge in [-0.1, -0.05) is 26.7 Å². The van der Waals surface area contributed by atoms with Crippen molar-refractivity contribution < 1.29 is 23.8 Å². The first-order valence-corrected chi connectivity index (χ1v) is 8.44. The van der Waals surface area contributed by atoms with Crippen LogP contribution in [0.1, 0.15) is 45.3 Å². The highest BCUT2D eigenvalue weighted by atomic mass is 16.5. The minimum absolute atomic E-state index is 0.0202. The predicted octanol–water partition coefficient (Wildman–Crippen LogP) is 2.05. The molecule has 0 saturated carbocycles. The fraction of sp³-hybridized carbons (Fsp3) is 0.647. The average Bonchev–Trinajstić information content (AvgIpc) is 3.12. The summed E-state index contributed by atoms with van der Waals surface area (Å²) in [4.78, 5) is 26.0. The fourth-order valence-electron chi connectivity index (χ4n) is 3.11.